The Kier molecular flexibility index (Phi) is 3.94. The van der Waals surface area contributed by atoms with Crippen LogP contribution in [0.25, 0.3) is 0 Å². The van der Waals surface area contributed by atoms with Crippen LogP contribution in [0.5, 0.6) is 0 Å². The number of aryl methyl sites for hydroxylation is 1. The summed E-state index contributed by atoms with van der Waals surface area (Å²) in [6, 6.07) is 7.54. The van der Waals surface area contributed by atoms with E-state index >= 15 is 0 Å². The Morgan fingerprint density at radius 2 is 2.11 bits per heavy atom. The van der Waals surface area contributed by atoms with Crippen LogP contribution >= 0.6 is 0 Å². The molecule has 1 saturated carbocycles. The summed E-state index contributed by atoms with van der Waals surface area (Å²) in [5, 5.41) is 1.75. The highest BCUT2D eigenvalue weighted by Gasteiger charge is 2.32. The molecule has 0 aliphatic heterocycles. The number of nitrogens with one attached hydrogen (secondary N) is 1. The van der Waals surface area contributed by atoms with Gasteiger partial charge >= 0.3 is 0 Å². The Labute approximate surface area is 114 Å². The van der Waals surface area contributed by atoms with Crippen molar-refractivity contribution in [3.8, 4) is 0 Å². The second kappa shape index (κ2) is 5.33. The van der Waals surface area contributed by atoms with Crippen molar-refractivity contribution < 1.29 is 13.2 Å². The molecule has 1 atom stereocenters. The number of carbonyl (C=O) groups excluding carboxylic acids is 1. The molecular formula is C14H19NO3S. The van der Waals surface area contributed by atoms with E-state index in [1.54, 1.807) is 6.07 Å². The summed E-state index contributed by atoms with van der Waals surface area (Å²) in [6.45, 7) is 3.38. The first-order valence-electron chi connectivity index (χ1n) is 6.46. The van der Waals surface area contributed by atoms with Crippen LogP contribution in [-0.2, 0) is 20.4 Å². The molecule has 0 radical (unpaired) electrons. The van der Waals surface area contributed by atoms with Gasteiger partial charge in [0.2, 0.25) is 5.91 Å². The number of hydrogen-bond donors (Lipinski definition) is 1. The molecule has 2 rings (SSSR count). The molecule has 0 spiro atoms. The molecule has 1 N–H and O–H groups in total. The lowest BCUT2D eigenvalue weighted by Crippen LogP contribution is -2.39. The van der Waals surface area contributed by atoms with Gasteiger partial charge in [-0.05, 0) is 32.3 Å². The Morgan fingerprint density at radius 1 is 1.42 bits per heavy atom. The molecule has 0 aromatic heterocycles. The summed E-state index contributed by atoms with van der Waals surface area (Å²) in [6.07, 6.45) is 1.91. The molecule has 1 aromatic carbocycles. The summed E-state index contributed by atoms with van der Waals surface area (Å²) < 4.78 is 24.4. The minimum Gasteiger partial charge on any atom is -0.352 e. The molecule has 19 heavy (non-hydrogen) atoms. The summed E-state index contributed by atoms with van der Waals surface area (Å²) in [5.74, 6) is -0.469. The molecule has 4 nitrogen and oxygen atoms in total. The molecule has 0 bridgehead atoms. The molecule has 0 unspecified atom stereocenters. The fourth-order valence-electron chi connectivity index (χ4n) is 1.87. The zero-order valence-corrected chi connectivity index (χ0v) is 12.0. The smallest absolute Gasteiger partial charge is 0.238 e. The fraction of sp³-hybridized carbons (Fsp3) is 0.500. The summed E-state index contributed by atoms with van der Waals surface area (Å²) >= 11 is 0. The first kappa shape index (κ1) is 14.1. The maximum atomic E-state index is 12.2. The molecule has 1 aliphatic rings. The zero-order chi connectivity index (χ0) is 14.0. The molecular weight excluding hydrogens is 262 g/mol. The largest absolute Gasteiger partial charge is 0.352 e. The third-order valence-corrected chi connectivity index (χ3v) is 5.31. The molecule has 0 heterocycles. The average molecular weight is 281 g/mol. The van der Waals surface area contributed by atoms with Gasteiger partial charge in [0.25, 0.3) is 0 Å². The van der Waals surface area contributed by atoms with Gasteiger partial charge in [-0.25, -0.2) is 8.42 Å². The summed E-state index contributed by atoms with van der Waals surface area (Å²) in [4.78, 5) is 11.8. The summed E-state index contributed by atoms with van der Waals surface area (Å²) in [7, 11) is -3.46. The number of hydrogen-bond acceptors (Lipinski definition) is 3. The monoisotopic (exact) mass is 281 g/mol. The van der Waals surface area contributed by atoms with Crippen molar-refractivity contribution >= 4 is 15.7 Å². The molecule has 1 fully saturated rings. The maximum absolute atomic E-state index is 12.2. The lowest BCUT2D eigenvalue weighted by Gasteiger charge is -2.13. The van der Waals surface area contributed by atoms with Crippen molar-refractivity contribution in [1.29, 1.82) is 0 Å². The molecule has 5 heteroatoms. The number of rotatable bonds is 5. The highest BCUT2D eigenvalue weighted by Crippen LogP contribution is 2.20. The molecule has 104 valence electrons. The maximum Gasteiger partial charge on any atom is 0.238 e. The van der Waals surface area contributed by atoms with Crippen molar-refractivity contribution in [2.45, 2.75) is 43.7 Å². The quantitative estimate of drug-likeness (QED) is 0.891. The van der Waals surface area contributed by atoms with Crippen LogP contribution in [0.3, 0.4) is 0 Å². The number of benzene rings is 1. The highest BCUT2D eigenvalue weighted by molar-refractivity contribution is 7.92. The van der Waals surface area contributed by atoms with E-state index < -0.39 is 15.1 Å². The molecule has 0 saturated heterocycles. The van der Waals surface area contributed by atoms with Crippen molar-refractivity contribution in [2.75, 3.05) is 0 Å². The Morgan fingerprint density at radius 3 is 2.68 bits per heavy atom. The SMILES string of the molecule is Cc1cccc(CS(=O)(=O)[C@@H](C)C(=O)NC2CC2)c1. The van der Waals surface area contributed by atoms with E-state index in [0.29, 0.717) is 0 Å². The van der Waals surface area contributed by atoms with E-state index in [0.717, 1.165) is 24.0 Å². The van der Waals surface area contributed by atoms with Gasteiger partial charge in [-0.15, -0.1) is 0 Å². The standard InChI is InChI=1S/C14H19NO3S/c1-10-4-3-5-12(8-10)9-19(17,18)11(2)14(16)15-13-6-7-13/h3-5,8,11,13H,6-7,9H2,1-2H3,(H,15,16)/t11-/m0/s1. The Hall–Kier alpha value is -1.36. The highest BCUT2D eigenvalue weighted by atomic mass is 32.2. The Balaban J connectivity index is 2.06. The lowest BCUT2D eigenvalue weighted by molar-refractivity contribution is -0.120. The fourth-order valence-corrected chi connectivity index (χ4v) is 3.16. The van der Waals surface area contributed by atoms with E-state index in [1.807, 2.05) is 25.1 Å². The van der Waals surface area contributed by atoms with E-state index in [1.165, 1.54) is 6.92 Å². The van der Waals surface area contributed by atoms with Crippen molar-refractivity contribution in [3.63, 3.8) is 0 Å². The number of sulfone groups is 1. The molecule has 1 aromatic rings. The predicted octanol–water partition coefficient (Wildman–Crippen LogP) is 1.58. The average Bonchev–Trinajstić information content (AvgIpc) is 3.11. The predicted molar refractivity (Wildman–Crippen MR) is 74.4 cm³/mol. The lowest BCUT2D eigenvalue weighted by atomic mass is 10.2. The van der Waals surface area contributed by atoms with Crippen LogP contribution in [-0.4, -0.2) is 25.6 Å². The van der Waals surface area contributed by atoms with Crippen molar-refractivity contribution in [3.05, 3.63) is 35.4 Å². The van der Waals surface area contributed by atoms with Gasteiger partial charge in [-0.1, -0.05) is 29.8 Å². The van der Waals surface area contributed by atoms with Gasteiger partial charge in [0.15, 0.2) is 9.84 Å². The van der Waals surface area contributed by atoms with Gasteiger partial charge in [0.05, 0.1) is 5.75 Å². The molecule has 1 aliphatic carbocycles. The van der Waals surface area contributed by atoms with Gasteiger partial charge < -0.3 is 5.32 Å². The van der Waals surface area contributed by atoms with Crippen LogP contribution in [0, 0.1) is 6.92 Å². The van der Waals surface area contributed by atoms with Crippen LogP contribution in [0.2, 0.25) is 0 Å². The normalized spacial score (nSPS) is 16.9. The van der Waals surface area contributed by atoms with Crippen molar-refractivity contribution in [2.24, 2.45) is 0 Å². The summed E-state index contributed by atoms with van der Waals surface area (Å²) in [5.41, 5.74) is 1.74. The minimum absolute atomic E-state index is 0.0894. The van der Waals surface area contributed by atoms with E-state index in [9.17, 15) is 13.2 Å². The topological polar surface area (TPSA) is 63.2 Å². The Bertz CT molecular complexity index is 576. The van der Waals surface area contributed by atoms with Crippen LogP contribution in [0.1, 0.15) is 30.9 Å². The molecule has 1 amide bonds. The third kappa shape index (κ3) is 3.80. The van der Waals surface area contributed by atoms with E-state index in [-0.39, 0.29) is 17.7 Å². The van der Waals surface area contributed by atoms with Crippen molar-refractivity contribution in [1.82, 2.24) is 5.32 Å². The van der Waals surface area contributed by atoms with Crippen LogP contribution in [0.15, 0.2) is 24.3 Å². The zero-order valence-electron chi connectivity index (χ0n) is 11.2. The number of carbonyl (C=O) groups is 1. The second-order valence-electron chi connectivity index (χ2n) is 5.22. The first-order valence-corrected chi connectivity index (χ1v) is 8.17. The second-order valence-corrected chi connectivity index (χ2v) is 7.54. The van der Waals surface area contributed by atoms with Crippen LogP contribution < -0.4 is 5.32 Å². The first-order chi connectivity index (χ1) is 8.88. The van der Waals surface area contributed by atoms with E-state index in [4.69, 9.17) is 0 Å². The van der Waals surface area contributed by atoms with Gasteiger partial charge in [0.1, 0.15) is 5.25 Å². The minimum atomic E-state index is -3.46. The van der Waals surface area contributed by atoms with Gasteiger partial charge in [-0.3, -0.25) is 4.79 Å². The van der Waals surface area contributed by atoms with E-state index in [2.05, 4.69) is 5.32 Å². The third-order valence-electron chi connectivity index (χ3n) is 3.28. The van der Waals surface area contributed by atoms with Gasteiger partial charge in [-0.2, -0.15) is 0 Å². The van der Waals surface area contributed by atoms with Crippen LogP contribution in [0.4, 0.5) is 0 Å². The number of amides is 1. The van der Waals surface area contributed by atoms with Gasteiger partial charge in [0, 0.05) is 6.04 Å².